The zero-order chi connectivity index (χ0) is 14.2. The molecule has 0 saturated carbocycles. The van der Waals surface area contributed by atoms with Crippen LogP contribution in [-0.4, -0.2) is 9.78 Å². The van der Waals surface area contributed by atoms with Crippen LogP contribution in [0.25, 0.3) is 0 Å². The van der Waals surface area contributed by atoms with Crippen LogP contribution in [-0.2, 0) is 13.6 Å². The van der Waals surface area contributed by atoms with E-state index >= 15 is 0 Å². The molecule has 3 N–H and O–H groups in total. The Hall–Kier alpha value is -2.04. The largest absolute Gasteiger partial charge is 0.397 e. The summed E-state index contributed by atoms with van der Waals surface area (Å²) in [4.78, 5) is 0. The second-order valence-electron chi connectivity index (χ2n) is 4.82. The number of nitrogen functional groups attached to an aromatic ring is 1. The third kappa shape index (κ3) is 2.54. The standard InChI is InChI=1S/C14H19FN4/c1-8-5-14(13(16)6-12(8)15)17-7-11-9(2)18-19(4)10(11)3/h5-6,17H,7,16H2,1-4H3. The Bertz CT molecular complexity index is 616. The van der Waals surface area contributed by atoms with Crippen molar-refractivity contribution in [2.24, 2.45) is 7.05 Å². The Labute approximate surface area is 112 Å². The van der Waals surface area contributed by atoms with Crippen molar-refractivity contribution in [3.63, 3.8) is 0 Å². The summed E-state index contributed by atoms with van der Waals surface area (Å²) in [6.07, 6.45) is 0. The number of benzene rings is 1. The van der Waals surface area contributed by atoms with Crippen LogP contribution >= 0.6 is 0 Å². The van der Waals surface area contributed by atoms with Crippen molar-refractivity contribution in [1.82, 2.24) is 9.78 Å². The first-order valence-electron chi connectivity index (χ1n) is 6.18. The second kappa shape index (κ2) is 4.91. The van der Waals surface area contributed by atoms with Crippen molar-refractivity contribution < 1.29 is 4.39 Å². The maximum absolute atomic E-state index is 13.3. The molecule has 0 saturated heterocycles. The molecular formula is C14H19FN4. The van der Waals surface area contributed by atoms with Gasteiger partial charge < -0.3 is 11.1 Å². The van der Waals surface area contributed by atoms with E-state index in [1.165, 1.54) is 6.07 Å². The number of aryl methyl sites for hydroxylation is 3. The first-order chi connectivity index (χ1) is 8.90. The lowest BCUT2D eigenvalue weighted by molar-refractivity contribution is 0.619. The molecule has 0 aliphatic carbocycles. The number of aromatic nitrogens is 2. The molecule has 0 spiro atoms. The summed E-state index contributed by atoms with van der Waals surface area (Å²) in [5, 5.41) is 7.61. The van der Waals surface area contributed by atoms with Crippen LogP contribution in [0.15, 0.2) is 12.1 Å². The molecule has 0 bridgehead atoms. The molecule has 2 rings (SSSR count). The lowest BCUT2D eigenvalue weighted by atomic mass is 10.1. The minimum absolute atomic E-state index is 0.281. The van der Waals surface area contributed by atoms with E-state index in [0.717, 1.165) is 22.6 Å². The number of nitrogens with two attached hydrogens (primary N) is 1. The Morgan fingerprint density at radius 2 is 2.00 bits per heavy atom. The van der Waals surface area contributed by atoms with Gasteiger partial charge in [0.1, 0.15) is 5.82 Å². The van der Waals surface area contributed by atoms with Crippen LogP contribution < -0.4 is 11.1 Å². The Morgan fingerprint density at radius 1 is 1.32 bits per heavy atom. The number of nitrogens with one attached hydrogen (secondary N) is 1. The number of halogens is 1. The number of nitrogens with zero attached hydrogens (tertiary/aromatic N) is 2. The van der Waals surface area contributed by atoms with E-state index < -0.39 is 0 Å². The summed E-state index contributed by atoms with van der Waals surface area (Å²) in [6, 6.07) is 3.08. The summed E-state index contributed by atoms with van der Waals surface area (Å²) in [5.74, 6) is -0.281. The fraction of sp³-hybridized carbons (Fsp3) is 0.357. The van der Waals surface area contributed by atoms with Gasteiger partial charge in [-0.05, 0) is 38.5 Å². The monoisotopic (exact) mass is 262 g/mol. The van der Waals surface area contributed by atoms with E-state index in [2.05, 4.69) is 10.4 Å². The first-order valence-corrected chi connectivity index (χ1v) is 6.18. The highest BCUT2D eigenvalue weighted by Crippen LogP contribution is 2.24. The summed E-state index contributed by atoms with van der Waals surface area (Å²) in [5.41, 5.74) is 10.8. The van der Waals surface area contributed by atoms with Crippen molar-refractivity contribution in [2.75, 3.05) is 11.1 Å². The van der Waals surface area contributed by atoms with Crippen molar-refractivity contribution in [3.05, 3.63) is 40.5 Å². The maximum Gasteiger partial charge on any atom is 0.128 e. The minimum Gasteiger partial charge on any atom is -0.397 e. The number of anilines is 2. The highest BCUT2D eigenvalue weighted by atomic mass is 19.1. The highest BCUT2D eigenvalue weighted by molar-refractivity contribution is 5.67. The SMILES string of the molecule is Cc1cc(NCc2c(C)nn(C)c2C)c(N)cc1F. The van der Waals surface area contributed by atoms with E-state index in [1.807, 2.05) is 25.6 Å². The lowest BCUT2D eigenvalue weighted by Crippen LogP contribution is -2.05. The molecule has 4 nitrogen and oxygen atoms in total. The summed E-state index contributed by atoms with van der Waals surface area (Å²) in [6.45, 7) is 6.35. The van der Waals surface area contributed by atoms with Gasteiger partial charge in [-0.2, -0.15) is 5.10 Å². The second-order valence-corrected chi connectivity index (χ2v) is 4.82. The average Bonchev–Trinajstić information content (AvgIpc) is 2.57. The molecule has 0 atom stereocenters. The quantitative estimate of drug-likeness (QED) is 0.836. The molecular weight excluding hydrogens is 243 g/mol. The van der Waals surface area contributed by atoms with Crippen molar-refractivity contribution >= 4 is 11.4 Å². The van der Waals surface area contributed by atoms with Gasteiger partial charge in [-0.3, -0.25) is 4.68 Å². The molecule has 19 heavy (non-hydrogen) atoms. The van der Waals surface area contributed by atoms with Crippen LogP contribution in [0.2, 0.25) is 0 Å². The zero-order valence-corrected chi connectivity index (χ0v) is 11.7. The van der Waals surface area contributed by atoms with Gasteiger partial charge >= 0.3 is 0 Å². The normalized spacial score (nSPS) is 10.8. The molecule has 0 unspecified atom stereocenters. The van der Waals surface area contributed by atoms with E-state index in [1.54, 1.807) is 13.0 Å². The molecule has 1 heterocycles. The molecule has 5 heteroatoms. The average molecular weight is 262 g/mol. The van der Waals surface area contributed by atoms with E-state index in [9.17, 15) is 4.39 Å². The molecule has 0 fully saturated rings. The van der Waals surface area contributed by atoms with Crippen LogP contribution in [0.1, 0.15) is 22.5 Å². The van der Waals surface area contributed by atoms with Crippen LogP contribution in [0.5, 0.6) is 0 Å². The van der Waals surface area contributed by atoms with E-state index in [0.29, 0.717) is 17.8 Å². The summed E-state index contributed by atoms with van der Waals surface area (Å²) >= 11 is 0. The molecule has 1 aromatic carbocycles. The van der Waals surface area contributed by atoms with Crippen LogP contribution in [0.3, 0.4) is 0 Å². The number of hydrogen-bond donors (Lipinski definition) is 2. The minimum atomic E-state index is -0.281. The van der Waals surface area contributed by atoms with Gasteiger partial charge in [0.2, 0.25) is 0 Å². The Morgan fingerprint density at radius 3 is 2.58 bits per heavy atom. The fourth-order valence-electron chi connectivity index (χ4n) is 2.11. The highest BCUT2D eigenvalue weighted by Gasteiger charge is 2.10. The predicted molar refractivity (Wildman–Crippen MR) is 75.6 cm³/mol. The van der Waals surface area contributed by atoms with E-state index in [-0.39, 0.29) is 5.82 Å². The predicted octanol–water partition coefficient (Wildman–Crippen LogP) is 2.68. The smallest absolute Gasteiger partial charge is 0.128 e. The molecule has 102 valence electrons. The molecule has 0 aliphatic rings. The molecule has 0 radical (unpaired) electrons. The fourth-order valence-corrected chi connectivity index (χ4v) is 2.11. The first kappa shape index (κ1) is 13.4. The molecule has 0 amide bonds. The van der Waals surface area contributed by atoms with E-state index in [4.69, 9.17) is 5.73 Å². The zero-order valence-electron chi connectivity index (χ0n) is 11.7. The topological polar surface area (TPSA) is 55.9 Å². The van der Waals surface area contributed by atoms with Gasteiger partial charge in [0.25, 0.3) is 0 Å². The Kier molecular flexibility index (Phi) is 3.46. The lowest BCUT2D eigenvalue weighted by Gasteiger charge is -2.11. The maximum atomic E-state index is 13.3. The van der Waals surface area contributed by atoms with Gasteiger partial charge in [-0.1, -0.05) is 0 Å². The number of rotatable bonds is 3. The third-order valence-corrected chi connectivity index (χ3v) is 3.45. The van der Waals surface area contributed by atoms with Crippen LogP contribution in [0, 0.1) is 26.6 Å². The van der Waals surface area contributed by atoms with Gasteiger partial charge in [0.15, 0.2) is 0 Å². The Balaban J connectivity index is 2.21. The van der Waals surface area contributed by atoms with Crippen molar-refractivity contribution in [3.8, 4) is 0 Å². The van der Waals surface area contributed by atoms with Crippen molar-refractivity contribution in [2.45, 2.75) is 27.3 Å². The van der Waals surface area contributed by atoms with Crippen LogP contribution in [0.4, 0.5) is 15.8 Å². The summed E-state index contributed by atoms with van der Waals surface area (Å²) < 4.78 is 15.2. The van der Waals surface area contributed by atoms with Crippen molar-refractivity contribution in [1.29, 1.82) is 0 Å². The van der Waals surface area contributed by atoms with Gasteiger partial charge in [0.05, 0.1) is 17.1 Å². The summed E-state index contributed by atoms with van der Waals surface area (Å²) in [7, 11) is 1.92. The molecule has 2 aromatic rings. The molecule has 0 aliphatic heterocycles. The van der Waals surface area contributed by atoms with Gasteiger partial charge in [0, 0.05) is 24.8 Å². The number of hydrogen-bond acceptors (Lipinski definition) is 3. The third-order valence-electron chi connectivity index (χ3n) is 3.45. The van der Waals surface area contributed by atoms with Gasteiger partial charge in [-0.15, -0.1) is 0 Å². The van der Waals surface area contributed by atoms with Gasteiger partial charge in [-0.25, -0.2) is 4.39 Å². The molecule has 1 aromatic heterocycles.